The molecule has 1 N–H and O–H groups in total. The maximum atomic E-state index is 14.9. The predicted octanol–water partition coefficient (Wildman–Crippen LogP) is 6.55. The standard InChI is InChI=1S/C28H36FN5O/c1-7-10-19(8-2)20-11-12-23(30-15-20)32-27-31-16-22(29)25(33-27)18(5)17(4)24-21(9-3)28(13-14-28)34(6)26(24)35/h11-12,15-16,19H,7-10,13-14H2,1-6H3,(H,30,31,32,33)/b18-17+. The van der Waals surface area contributed by atoms with E-state index in [4.69, 9.17) is 0 Å². The number of anilines is 2. The Morgan fingerprint density at radius 1 is 1.14 bits per heavy atom. The van der Waals surface area contributed by atoms with Gasteiger partial charge in [-0.25, -0.2) is 19.3 Å². The van der Waals surface area contributed by atoms with E-state index in [9.17, 15) is 9.18 Å². The minimum atomic E-state index is -0.514. The lowest BCUT2D eigenvalue weighted by Crippen LogP contribution is -2.33. The summed E-state index contributed by atoms with van der Waals surface area (Å²) in [5.74, 6) is 0.879. The molecular formula is C28H36FN5O. The molecule has 1 unspecified atom stereocenters. The number of pyridine rings is 1. The largest absolute Gasteiger partial charge is 0.332 e. The Morgan fingerprint density at radius 2 is 1.89 bits per heavy atom. The van der Waals surface area contributed by atoms with Gasteiger partial charge in [-0.3, -0.25) is 4.79 Å². The molecule has 35 heavy (non-hydrogen) atoms. The van der Waals surface area contributed by atoms with Gasteiger partial charge in [-0.2, -0.15) is 0 Å². The third-order valence-corrected chi connectivity index (χ3v) is 7.77. The Kier molecular flexibility index (Phi) is 7.06. The van der Waals surface area contributed by atoms with Crippen molar-refractivity contribution in [3.8, 4) is 0 Å². The average molecular weight is 478 g/mol. The quantitative estimate of drug-likeness (QED) is 0.443. The number of rotatable bonds is 9. The summed E-state index contributed by atoms with van der Waals surface area (Å²) in [5, 5.41) is 3.10. The summed E-state index contributed by atoms with van der Waals surface area (Å²) >= 11 is 0. The highest BCUT2D eigenvalue weighted by Crippen LogP contribution is 2.55. The molecule has 0 aromatic carbocycles. The lowest BCUT2D eigenvalue weighted by Gasteiger charge is -2.21. The predicted molar refractivity (Wildman–Crippen MR) is 138 cm³/mol. The third kappa shape index (κ3) is 4.48. The smallest absolute Gasteiger partial charge is 0.254 e. The van der Waals surface area contributed by atoms with Gasteiger partial charge in [0.25, 0.3) is 5.91 Å². The van der Waals surface area contributed by atoms with Crippen LogP contribution in [-0.4, -0.2) is 38.3 Å². The van der Waals surface area contributed by atoms with E-state index in [2.05, 4.69) is 47.1 Å². The number of carbonyl (C=O) groups excluding carboxylic acids is 1. The molecule has 0 radical (unpaired) electrons. The van der Waals surface area contributed by atoms with Gasteiger partial charge in [-0.05, 0) is 80.2 Å². The average Bonchev–Trinajstić information content (AvgIpc) is 3.64. The molecule has 2 aliphatic rings. The van der Waals surface area contributed by atoms with Gasteiger partial charge in [-0.1, -0.05) is 33.3 Å². The zero-order chi connectivity index (χ0) is 25.3. The monoisotopic (exact) mass is 477 g/mol. The fourth-order valence-electron chi connectivity index (χ4n) is 5.42. The van der Waals surface area contributed by atoms with Crippen LogP contribution in [0.2, 0.25) is 0 Å². The van der Waals surface area contributed by atoms with Crippen LogP contribution in [0.15, 0.2) is 41.2 Å². The first kappa shape index (κ1) is 25.0. The molecule has 0 saturated heterocycles. The van der Waals surface area contributed by atoms with Crippen LogP contribution in [0.4, 0.5) is 16.2 Å². The molecule has 2 aromatic rings. The van der Waals surface area contributed by atoms with Crippen LogP contribution in [-0.2, 0) is 4.79 Å². The first-order chi connectivity index (χ1) is 16.8. The van der Waals surface area contributed by atoms with E-state index in [0.29, 0.717) is 22.9 Å². The Bertz CT molecular complexity index is 1180. The van der Waals surface area contributed by atoms with Crippen molar-refractivity contribution >= 4 is 23.2 Å². The van der Waals surface area contributed by atoms with Gasteiger partial charge in [0.1, 0.15) is 11.5 Å². The van der Waals surface area contributed by atoms with Crippen LogP contribution in [0, 0.1) is 5.82 Å². The van der Waals surface area contributed by atoms with E-state index in [0.717, 1.165) is 49.7 Å². The fourth-order valence-corrected chi connectivity index (χ4v) is 5.42. The zero-order valence-corrected chi connectivity index (χ0v) is 21.7. The summed E-state index contributed by atoms with van der Waals surface area (Å²) in [6.45, 7) is 10.2. The highest BCUT2D eigenvalue weighted by Gasteiger charge is 2.57. The van der Waals surface area contributed by atoms with Crippen LogP contribution in [0.5, 0.6) is 0 Å². The molecule has 1 aliphatic carbocycles. The van der Waals surface area contributed by atoms with E-state index < -0.39 is 5.82 Å². The highest BCUT2D eigenvalue weighted by atomic mass is 19.1. The van der Waals surface area contributed by atoms with E-state index in [-0.39, 0.29) is 23.1 Å². The maximum absolute atomic E-state index is 14.9. The number of allylic oxidation sites excluding steroid dienone is 1. The zero-order valence-electron chi connectivity index (χ0n) is 21.7. The van der Waals surface area contributed by atoms with Crippen molar-refractivity contribution in [3.63, 3.8) is 0 Å². The van der Waals surface area contributed by atoms with Crippen molar-refractivity contribution in [2.45, 2.75) is 84.6 Å². The number of hydrogen-bond donors (Lipinski definition) is 1. The number of nitrogens with zero attached hydrogens (tertiary/aromatic N) is 4. The van der Waals surface area contributed by atoms with Gasteiger partial charge in [0.15, 0.2) is 5.82 Å². The van der Waals surface area contributed by atoms with Crippen molar-refractivity contribution in [1.82, 2.24) is 19.9 Å². The molecule has 4 rings (SSSR count). The molecule has 1 saturated carbocycles. The molecule has 0 bridgehead atoms. The van der Waals surface area contributed by atoms with E-state index in [1.807, 2.05) is 38.1 Å². The number of carbonyl (C=O) groups is 1. The molecule has 1 aliphatic heterocycles. The van der Waals surface area contributed by atoms with Gasteiger partial charge in [-0.15, -0.1) is 0 Å². The molecule has 1 spiro atoms. The number of aromatic nitrogens is 3. The molecular weight excluding hydrogens is 441 g/mol. The summed E-state index contributed by atoms with van der Waals surface area (Å²) in [6.07, 6.45) is 9.19. The SMILES string of the molecule is CCCC(CC)c1ccc(Nc2ncc(F)c(/C(C)=C(\C)C3=C(CC)C4(CC4)N(C)C3=O)n2)nc1. The minimum absolute atomic E-state index is 0.0155. The number of nitrogens with one attached hydrogen (secondary N) is 1. The second-order valence-corrected chi connectivity index (χ2v) is 9.74. The van der Waals surface area contributed by atoms with Gasteiger partial charge in [0.2, 0.25) is 5.95 Å². The van der Waals surface area contributed by atoms with Gasteiger partial charge >= 0.3 is 0 Å². The van der Waals surface area contributed by atoms with Gasteiger partial charge < -0.3 is 10.2 Å². The van der Waals surface area contributed by atoms with Crippen molar-refractivity contribution in [3.05, 3.63) is 58.3 Å². The first-order valence-corrected chi connectivity index (χ1v) is 12.7. The van der Waals surface area contributed by atoms with Gasteiger partial charge in [0.05, 0.1) is 11.7 Å². The number of halogens is 1. The molecule has 186 valence electrons. The second kappa shape index (κ2) is 9.88. The molecule has 6 nitrogen and oxygen atoms in total. The lowest BCUT2D eigenvalue weighted by atomic mass is 9.92. The molecule has 1 amide bonds. The van der Waals surface area contributed by atoms with Crippen LogP contribution >= 0.6 is 0 Å². The normalized spacial score (nSPS) is 18.3. The number of amides is 1. The summed E-state index contributed by atoms with van der Waals surface area (Å²) in [5.41, 5.74) is 4.57. The van der Waals surface area contributed by atoms with Crippen LogP contribution in [0.1, 0.15) is 90.3 Å². The summed E-state index contributed by atoms with van der Waals surface area (Å²) in [7, 11) is 1.87. The lowest BCUT2D eigenvalue weighted by molar-refractivity contribution is -0.125. The fraction of sp³-hybridized carbons (Fsp3) is 0.500. The second-order valence-electron chi connectivity index (χ2n) is 9.74. The van der Waals surface area contributed by atoms with Crippen molar-refractivity contribution < 1.29 is 9.18 Å². The summed E-state index contributed by atoms with van der Waals surface area (Å²) < 4.78 is 14.9. The third-order valence-electron chi connectivity index (χ3n) is 7.77. The van der Waals surface area contributed by atoms with E-state index in [1.54, 1.807) is 0 Å². The van der Waals surface area contributed by atoms with Crippen LogP contribution in [0.3, 0.4) is 0 Å². The molecule has 2 aromatic heterocycles. The molecule has 7 heteroatoms. The van der Waals surface area contributed by atoms with Gasteiger partial charge in [0, 0.05) is 18.8 Å². The Labute approximate surface area is 207 Å². The number of hydrogen-bond acceptors (Lipinski definition) is 5. The highest BCUT2D eigenvalue weighted by molar-refractivity contribution is 6.05. The molecule has 3 heterocycles. The topological polar surface area (TPSA) is 71.0 Å². The van der Waals surface area contributed by atoms with Crippen LogP contribution < -0.4 is 5.32 Å². The van der Waals surface area contributed by atoms with E-state index >= 15 is 0 Å². The van der Waals surface area contributed by atoms with Crippen LogP contribution in [0.25, 0.3) is 5.57 Å². The summed E-state index contributed by atoms with van der Waals surface area (Å²) in [4.78, 5) is 28.1. The molecule has 1 fully saturated rings. The number of likely N-dealkylation sites (N-methyl/N-ethyl adjacent to an activating group) is 1. The minimum Gasteiger partial charge on any atom is -0.332 e. The van der Waals surface area contributed by atoms with Crippen molar-refractivity contribution in [1.29, 1.82) is 0 Å². The van der Waals surface area contributed by atoms with Crippen molar-refractivity contribution in [2.75, 3.05) is 12.4 Å². The summed E-state index contributed by atoms with van der Waals surface area (Å²) in [6, 6.07) is 3.99. The molecule has 1 atom stereocenters. The first-order valence-electron chi connectivity index (χ1n) is 12.7. The Morgan fingerprint density at radius 3 is 2.46 bits per heavy atom. The Balaban J connectivity index is 1.62. The Hall–Kier alpha value is -3.09. The maximum Gasteiger partial charge on any atom is 0.254 e. The van der Waals surface area contributed by atoms with E-state index in [1.165, 1.54) is 11.8 Å². The van der Waals surface area contributed by atoms with Crippen molar-refractivity contribution in [2.24, 2.45) is 0 Å².